The van der Waals surface area contributed by atoms with Gasteiger partial charge in [0.2, 0.25) is 0 Å². The largest absolute Gasteiger partial charge is 0.460 e. The lowest BCUT2D eigenvalue weighted by Crippen LogP contribution is -1.52. The lowest BCUT2D eigenvalue weighted by atomic mass is 10.9. The van der Waals surface area contributed by atoms with Crippen molar-refractivity contribution in [2.45, 2.75) is 6.92 Å². The number of aliphatic hydroxyl groups excluding tert-OH is 2. The van der Waals surface area contributed by atoms with Crippen molar-refractivity contribution in [2.24, 2.45) is 0 Å². The van der Waals surface area contributed by atoms with Gasteiger partial charge < -0.3 is 10.2 Å². The highest BCUT2D eigenvalue weighted by atomic mass is 16.3. The molecule has 0 saturated heterocycles. The van der Waals surface area contributed by atoms with Crippen molar-refractivity contribution in [2.75, 3.05) is 6.61 Å². The van der Waals surface area contributed by atoms with Crippen LogP contribution in [0.25, 0.3) is 0 Å². The van der Waals surface area contributed by atoms with Crippen molar-refractivity contribution in [1.82, 2.24) is 0 Å². The van der Waals surface area contributed by atoms with Crippen LogP contribution in [0.5, 0.6) is 0 Å². The summed E-state index contributed by atoms with van der Waals surface area (Å²) in [5, 5.41) is 23.5. The maximum absolute atomic E-state index is 8.93. The molecule has 0 unspecified atom stereocenters. The highest BCUT2D eigenvalue weighted by Crippen LogP contribution is 1.33. The van der Waals surface area contributed by atoms with E-state index in [4.69, 9.17) is 15.3 Å². The van der Waals surface area contributed by atoms with Gasteiger partial charge in [-0.2, -0.15) is 0 Å². The Morgan fingerprint density at radius 1 is 1.43 bits per heavy atom. The van der Waals surface area contributed by atoms with E-state index in [1.807, 2.05) is 0 Å². The molecule has 0 aliphatic heterocycles. The molecule has 7 heavy (non-hydrogen) atoms. The molecule has 0 saturated carbocycles. The summed E-state index contributed by atoms with van der Waals surface area (Å²) >= 11 is 0. The highest BCUT2D eigenvalue weighted by molar-refractivity contribution is 4.72. The van der Waals surface area contributed by atoms with Crippen molar-refractivity contribution < 1.29 is 15.3 Å². The molecular weight excluding hydrogens is 96.0 g/mol. The van der Waals surface area contributed by atoms with Crippen LogP contribution in [0.4, 0.5) is 0 Å². The fraction of sp³-hybridized carbons (Fsp3) is 0.500. The minimum Gasteiger partial charge on any atom is -0.460 e. The second-order valence-corrected chi connectivity index (χ2v) is 0.512. The van der Waals surface area contributed by atoms with Crippen LogP contribution in [0.1, 0.15) is 6.92 Å². The average molecular weight is 103 g/mol. The second kappa shape index (κ2) is 19.3. The predicted molar refractivity (Wildman–Crippen MR) is 22.9 cm³/mol. The van der Waals surface area contributed by atoms with E-state index in [1.54, 1.807) is 6.92 Å². The monoisotopic (exact) mass is 103 g/mol. The SMILES string of the molecule is CC[O].OC#CO. The van der Waals surface area contributed by atoms with Crippen molar-refractivity contribution >= 4 is 0 Å². The zero-order valence-corrected chi connectivity index (χ0v) is 4.01. The molecule has 0 aromatic heterocycles. The van der Waals surface area contributed by atoms with Crippen LogP contribution in [0, 0.1) is 12.2 Å². The molecule has 0 aromatic carbocycles. The molecule has 41 valence electrons. The quantitative estimate of drug-likeness (QED) is 0.427. The van der Waals surface area contributed by atoms with Gasteiger partial charge in [-0.3, -0.25) is 0 Å². The number of rotatable bonds is 0. The van der Waals surface area contributed by atoms with Crippen molar-refractivity contribution in [1.29, 1.82) is 0 Å². The number of aliphatic hydroxyl groups is 2. The first kappa shape index (κ1) is 9.45. The summed E-state index contributed by atoms with van der Waals surface area (Å²) in [4.78, 5) is 0. The summed E-state index contributed by atoms with van der Waals surface area (Å²) in [5.74, 6) is 0. The molecular formula is C4H7O3. The average Bonchev–Trinajstić information content (AvgIpc) is 1.69. The van der Waals surface area contributed by atoms with Gasteiger partial charge in [0.25, 0.3) is 0 Å². The Bertz CT molecular complexity index is 53.1. The maximum Gasteiger partial charge on any atom is 0.152 e. The Labute approximate surface area is 42.2 Å². The standard InChI is InChI=1S/C2H2O2.C2H5O/c3-1-2-4;1-2-3/h3-4H;2H2,1H3. The lowest BCUT2D eigenvalue weighted by molar-refractivity contribution is 0.212. The predicted octanol–water partition coefficient (Wildman–Crippen LogP) is 0.0866. The zero-order valence-electron chi connectivity index (χ0n) is 4.01. The molecule has 0 aliphatic carbocycles. The third-order valence-electron chi connectivity index (χ3n) is 0.0500. The normalized spacial score (nSPS) is 4.29. The molecule has 0 fully saturated rings. The zero-order chi connectivity index (χ0) is 6.12. The first-order chi connectivity index (χ1) is 3.33. The molecule has 0 atom stereocenters. The molecule has 0 bridgehead atoms. The van der Waals surface area contributed by atoms with Gasteiger partial charge in [-0.25, -0.2) is 5.11 Å². The Morgan fingerprint density at radius 2 is 1.57 bits per heavy atom. The van der Waals surface area contributed by atoms with Gasteiger partial charge >= 0.3 is 0 Å². The third-order valence-corrected chi connectivity index (χ3v) is 0.0500. The summed E-state index contributed by atoms with van der Waals surface area (Å²) in [6.45, 7) is 1.57. The summed E-state index contributed by atoms with van der Waals surface area (Å²) in [5.41, 5.74) is 0. The van der Waals surface area contributed by atoms with E-state index < -0.39 is 0 Å². The first-order valence-electron chi connectivity index (χ1n) is 1.69. The fourth-order valence-corrected chi connectivity index (χ4v) is 0. The molecule has 0 rings (SSSR count). The molecule has 3 nitrogen and oxygen atoms in total. The highest BCUT2D eigenvalue weighted by Gasteiger charge is 1.39. The van der Waals surface area contributed by atoms with Crippen LogP contribution in [0.2, 0.25) is 0 Å². The topological polar surface area (TPSA) is 60.4 Å². The van der Waals surface area contributed by atoms with Gasteiger partial charge in [0.05, 0.1) is 6.61 Å². The van der Waals surface area contributed by atoms with E-state index in [0.717, 1.165) is 0 Å². The summed E-state index contributed by atoms with van der Waals surface area (Å²) in [6.07, 6.45) is 2.47. The Morgan fingerprint density at radius 3 is 1.57 bits per heavy atom. The summed E-state index contributed by atoms with van der Waals surface area (Å²) < 4.78 is 0. The van der Waals surface area contributed by atoms with E-state index >= 15 is 0 Å². The molecule has 0 heterocycles. The van der Waals surface area contributed by atoms with Gasteiger partial charge in [-0.1, -0.05) is 0 Å². The number of hydrogen-bond donors (Lipinski definition) is 2. The fourth-order valence-electron chi connectivity index (χ4n) is 0. The molecule has 2 N–H and O–H groups in total. The minimum atomic E-state index is 0. The first-order valence-corrected chi connectivity index (χ1v) is 1.69. The van der Waals surface area contributed by atoms with Gasteiger partial charge in [0.15, 0.2) is 12.2 Å². The summed E-state index contributed by atoms with van der Waals surface area (Å²) in [7, 11) is 0. The molecule has 0 spiro atoms. The van der Waals surface area contributed by atoms with Crippen LogP contribution in [-0.4, -0.2) is 16.8 Å². The molecule has 1 radical (unpaired) electrons. The second-order valence-electron chi connectivity index (χ2n) is 0.512. The van der Waals surface area contributed by atoms with E-state index in [9.17, 15) is 0 Å². The molecule has 0 aliphatic rings. The van der Waals surface area contributed by atoms with Crippen molar-refractivity contribution in [3.05, 3.63) is 0 Å². The minimum absolute atomic E-state index is 0. The van der Waals surface area contributed by atoms with E-state index in [0.29, 0.717) is 0 Å². The van der Waals surface area contributed by atoms with Crippen molar-refractivity contribution in [3.63, 3.8) is 0 Å². The van der Waals surface area contributed by atoms with Crippen molar-refractivity contribution in [3.8, 4) is 12.2 Å². The van der Waals surface area contributed by atoms with Crippen LogP contribution in [0.15, 0.2) is 0 Å². The van der Waals surface area contributed by atoms with Gasteiger partial charge in [-0.15, -0.1) is 0 Å². The Kier molecular flexibility index (Phi) is 26.1. The summed E-state index contributed by atoms with van der Waals surface area (Å²) in [6, 6.07) is 0. The van der Waals surface area contributed by atoms with Crippen LogP contribution in [-0.2, 0) is 5.11 Å². The van der Waals surface area contributed by atoms with Gasteiger partial charge in [0.1, 0.15) is 0 Å². The molecule has 3 heteroatoms. The third kappa shape index (κ3) is 3460. The van der Waals surface area contributed by atoms with Gasteiger partial charge in [0, 0.05) is 0 Å². The lowest BCUT2D eigenvalue weighted by Gasteiger charge is -1.45. The van der Waals surface area contributed by atoms with E-state index in [-0.39, 0.29) is 6.61 Å². The Hall–Kier alpha value is -0.880. The Balaban J connectivity index is 0. The van der Waals surface area contributed by atoms with Crippen LogP contribution >= 0.6 is 0 Å². The maximum atomic E-state index is 8.93. The van der Waals surface area contributed by atoms with Crippen LogP contribution < -0.4 is 0 Å². The number of hydrogen-bond acceptors (Lipinski definition) is 2. The van der Waals surface area contributed by atoms with Crippen LogP contribution in [0.3, 0.4) is 0 Å². The smallest absolute Gasteiger partial charge is 0.152 e. The molecule has 0 aromatic rings. The van der Waals surface area contributed by atoms with Gasteiger partial charge in [-0.05, 0) is 6.92 Å². The molecule has 0 amide bonds. The van der Waals surface area contributed by atoms with E-state index in [1.165, 1.54) is 12.2 Å². The van der Waals surface area contributed by atoms with E-state index in [2.05, 4.69) is 0 Å².